The summed E-state index contributed by atoms with van der Waals surface area (Å²) in [5.41, 5.74) is 2.70. The second kappa shape index (κ2) is 6.84. The maximum atomic E-state index is 13.7. The molecule has 0 spiro atoms. The zero-order chi connectivity index (χ0) is 18.0. The first kappa shape index (κ1) is 16.8. The van der Waals surface area contributed by atoms with E-state index >= 15 is 0 Å². The molecule has 1 aromatic heterocycles. The van der Waals surface area contributed by atoms with Crippen LogP contribution in [0.5, 0.6) is 0 Å². The number of benzene rings is 2. The van der Waals surface area contributed by atoms with Crippen molar-refractivity contribution in [3.63, 3.8) is 0 Å². The van der Waals surface area contributed by atoms with Gasteiger partial charge in [0.1, 0.15) is 17.2 Å². The summed E-state index contributed by atoms with van der Waals surface area (Å²) < 4.78 is 29.2. The van der Waals surface area contributed by atoms with Gasteiger partial charge >= 0.3 is 0 Å². The van der Waals surface area contributed by atoms with Crippen LogP contribution in [0.3, 0.4) is 0 Å². The highest BCUT2D eigenvalue weighted by Crippen LogP contribution is 2.23. The fourth-order valence-corrected chi connectivity index (χ4v) is 2.65. The Morgan fingerprint density at radius 1 is 1.12 bits per heavy atom. The number of hydrogen-bond donors (Lipinski definition) is 1. The molecule has 128 valence electrons. The molecule has 0 radical (unpaired) electrons. The Morgan fingerprint density at radius 2 is 1.76 bits per heavy atom. The standard InChI is InChI=1S/C19H17F2N3O/c1-3-24-17(11-12(2)23-24)13-7-9-14(10-8-13)22-19(25)18-15(20)5-4-6-16(18)21/h4-11H,3H2,1-2H3,(H,22,25). The quantitative estimate of drug-likeness (QED) is 0.764. The average molecular weight is 341 g/mol. The number of amides is 1. The highest BCUT2D eigenvalue weighted by molar-refractivity contribution is 6.04. The molecule has 6 heteroatoms. The van der Waals surface area contributed by atoms with Crippen LogP contribution in [0.1, 0.15) is 23.0 Å². The van der Waals surface area contributed by atoms with Crippen LogP contribution >= 0.6 is 0 Å². The van der Waals surface area contributed by atoms with E-state index in [0.29, 0.717) is 5.69 Å². The van der Waals surface area contributed by atoms with E-state index in [1.165, 1.54) is 6.07 Å². The summed E-state index contributed by atoms with van der Waals surface area (Å²) in [6.07, 6.45) is 0. The van der Waals surface area contributed by atoms with E-state index in [2.05, 4.69) is 10.4 Å². The molecule has 2 aromatic carbocycles. The number of carbonyl (C=O) groups excluding carboxylic acids is 1. The minimum absolute atomic E-state index is 0.454. The highest BCUT2D eigenvalue weighted by Gasteiger charge is 2.17. The zero-order valence-corrected chi connectivity index (χ0v) is 13.9. The molecular formula is C19H17F2N3O. The molecule has 1 amide bonds. The predicted octanol–water partition coefficient (Wildman–Crippen LogP) is 4.41. The van der Waals surface area contributed by atoms with Crippen LogP contribution < -0.4 is 5.32 Å². The number of nitrogens with one attached hydrogen (secondary N) is 1. The molecule has 0 atom stereocenters. The van der Waals surface area contributed by atoms with Gasteiger partial charge in [-0.1, -0.05) is 18.2 Å². The number of aryl methyl sites for hydroxylation is 2. The van der Waals surface area contributed by atoms with E-state index in [-0.39, 0.29) is 0 Å². The topological polar surface area (TPSA) is 46.9 Å². The van der Waals surface area contributed by atoms with Gasteiger partial charge in [-0.05, 0) is 49.7 Å². The fraction of sp³-hybridized carbons (Fsp3) is 0.158. The van der Waals surface area contributed by atoms with E-state index in [9.17, 15) is 13.6 Å². The first-order valence-electron chi connectivity index (χ1n) is 7.90. The summed E-state index contributed by atoms with van der Waals surface area (Å²) in [7, 11) is 0. The predicted molar refractivity (Wildman–Crippen MR) is 92.4 cm³/mol. The van der Waals surface area contributed by atoms with Crippen molar-refractivity contribution in [3.05, 3.63) is 71.4 Å². The smallest absolute Gasteiger partial charge is 0.261 e. The Labute approximate surface area is 144 Å². The van der Waals surface area contributed by atoms with Crippen LogP contribution in [0.4, 0.5) is 14.5 Å². The molecule has 1 heterocycles. The van der Waals surface area contributed by atoms with E-state index in [1.54, 1.807) is 12.1 Å². The van der Waals surface area contributed by atoms with Gasteiger partial charge in [-0.15, -0.1) is 0 Å². The van der Waals surface area contributed by atoms with Crippen LogP contribution in [0.25, 0.3) is 11.3 Å². The third-order valence-corrected chi connectivity index (χ3v) is 3.83. The monoisotopic (exact) mass is 341 g/mol. The van der Waals surface area contributed by atoms with E-state index in [1.807, 2.05) is 36.7 Å². The van der Waals surface area contributed by atoms with Gasteiger partial charge in [0.15, 0.2) is 0 Å². The molecule has 4 nitrogen and oxygen atoms in total. The number of hydrogen-bond acceptors (Lipinski definition) is 2. The summed E-state index contributed by atoms with van der Waals surface area (Å²) >= 11 is 0. The van der Waals surface area contributed by atoms with Gasteiger partial charge in [0.05, 0.1) is 11.4 Å². The van der Waals surface area contributed by atoms with Crippen LogP contribution in [0, 0.1) is 18.6 Å². The Kier molecular flexibility index (Phi) is 4.61. The summed E-state index contributed by atoms with van der Waals surface area (Å²) in [6, 6.07) is 12.3. The Morgan fingerprint density at radius 3 is 2.36 bits per heavy atom. The molecule has 0 saturated carbocycles. The Hall–Kier alpha value is -3.02. The largest absolute Gasteiger partial charge is 0.322 e. The van der Waals surface area contributed by atoms with Crippen molar-refractivity contribution < 1.29 is 13.6 Å². The normalized spacial score (nSPS) is 10.7. The molecule has 0 saturated heterocycles. The second-order valence-corrected chi connectivity index (χ2v) is 5.61. The third kappa shape index (κ3) is 3.42. The molecule has 1 N–H and O–H groups in total. The van der Waals surface area contributed by atoms with Gasteiger partial charge in [-0.25, -0.2) is 8.78 Å². The molecule has 0 aliphatic rings. The molecule has 0 bridgehead atoms. The highest BCUT2D eigenvalue weighted by atomic mass is 19.1. The van der Waals surface area contributed by atoms with Gasteiger partial charge in [0, 0.05) is 12.2 Å². The maximum absolute atomic E-state index is 13.7. The third-order valence-electron chi connectivity index (χ3n) is 3.83. The molecule has 0 aliphatic carbocycles. The molecule has 0 aliphatic heterocycles. The zero-order valence-electron chi connectivity index (χ0n) is 13.9. The lowest BCUT2D eigenvalue weighted by Crippen LogP contribution is -2.15. The second-order valence-electron chi connectivity index (χ2n) is 5.61. The molecule has 3 aromatic rings. The van der Waals surface area contributed by atoms with Gasteiger partial charge in [0.25, 0.3) is 5.91 Å². The number of halogens is 2. The van der Waals surface area contributed by atoms with Crippen molar-refractivity contribution in [2.24, 2.45) is 0 Å². The minimum Gasteiger partial charge on any atom is -0.322 e. The fourth-order valence-electron chi connectivity index (χ4n) is 2.65. The first-order valence-corrected chi connectivity index (χ1v) is 7.90. The molecule has 3 rings (SSSR count). The molecule has 0 unspecified atom stereocenters. The van der Waals surface area contributed by atoms with Crippen LogP contribution in [0.2, 0.25) is 0 Å². The summed E-state index contributed by atoms with van der Waals surface area (Å²) in [5, 5.41) is 6.91. The summed E-state index contributed by atoms with van der Waals surface area (Å²) in [5.74, 6) is -2.61. The molecular weight excluding hydrogens is 324 g/mol. The Bertz CT molecular complexity index is 897. The number of nitrogens with zero attached hydrogens (tertiary/aromatic N) is 2. The molecule has 25 heavy (non-hydrogen) atoms. The van der Waals surface area contributed by atoms with Gasteiger partial charge in [0.2, 0.25) is 0 Å². The van der Waals surface area contributed by atoms with Crippen molar-refractivity contribution in [2.45, 2.75) is 20.4 Å². The van der Waals surface area contributed by atoms with Crippen LogP contribution in [-0.2, 0) is 6.54 Å². The lowest BCUT2D eigenvalue weighted by Gasteiger charge is -2.09. The van der Waals surface area contributed by atoms with Gasteiger partial charge in [-0.2, -0.15) is 5.10 Å². The van der Waals surface area contributed by atoms with Crippen molar-refractivity contribution in [2.75, 3.05) is 5.32 Å². The molecule has 0 fully saturated rings. The SMILES string of the molecule is CCn1nc(C)cc1-c1ccc(NC(=O)c2c(F)cccc2F)cc1. The number of anilines is 1. The maximum Gasteiger partial charge on any atom is 0.261 e. The summed E-state index contributed by atoms with van der Waals surface area (Å²) in [4.78, 5) is 12.1. The van der Waals surface area contributed by atoms with Crippen molar-refractivity contribution in [3.8, 4) is 11.3 Å². The van der Waals surface area contributed by atoms with E-state index in [0.717, 1.165) is 35.6 Å². The van der Waals surface area contributed by atoms with Crippen molar-refractivity contribution >= 4 is 11.6 Å². The van der Waals surface area contributed by atoms with Gasteiger partial charge in [-0.3, -0.25) is 9.48 Å². The lowest BCUT2D eigenvalue weighted by molar-refractivity contribution is 0.101. The van der Waals surface area contributed by atoms with Crippen LogP contribution in [-0.4, -0.2) is 15.7 Å². The van der Waals surface area contributed by atoms with Crippen molar-refractivity contribution in [1.29, 1.82) is 0 Å². The number of carbonyl (C=O) groups is 1. The van der Waals surface area contributed by atoms with E-state index in [4.69, 9.17) is 0 Å². The first-order chi connectivity index (χ1) is 12.0. The van der Waals surface area contributed by atoms with E-state index < -0.39 is 23.1 Å². The Balaban J connectivity index is 1.82. The van der Waals surface area contributed by atoms with Crippen molar-refractivity contribution in [1.82, 2.24) is 9.78 Å². The van der Waals surface area contributed by atoms with Gasteiger partial charge < -0.3 is 5.32 Å². The minimum atomic E-state index is -0.892. The number of rotatable bonds is 4. The van der Waals surface area contributed by atoms with Crippen LogP contribution in [0.15, 0.2) is 48.5 Å². The lowest BCUT2D eigenvalue weighted by atomic mass is 10.1. The summed E-state index contributed by atoms with van der Waals surface area (Å²) in [6.45, 7) is 4.68. The number of aromatic nitrogens is 2. The average Bonchev–Trinajstić information content (AvgIpc) is 2.96.